The fraction of sp³-hybridized carbons (Fsp3) is 0.235. The topological polar surface area (TPSA) is 106 Å². The van der Waals surface area contributed by atoms with Crippen LogP contribution in [0.15, 0.2) is 24.5 Å². The largest absolute Gasteiger partial charge is 0.353 e. The number of aromatic nitrogens is 3. The van der Waals surface area contributed by atoms with E-state index in [1.807, 2.05) is 45.9 Å². The normalized spacial score (nSPS) is 10.6. The Labute approximate surface area is 154 Å². The molecule has 0 aliphatic carbocycles. The van der Waals surface area contributed by atoms with E-state index < -0.39 is 4.92 Å². The van der Waals surface area contributed by atoms with Crippen molar-refractivity contribution in [2.45, 2.75) is 27.7 Å². The Morgan fingerprint density at radius 1 is 1.00 bits per heavy atom. The first-order valence-electron chi connectivity index (χ1n) is 7.89. The number of nitro groups is 1. The Bertz CT molecular complexity index is 946. The smallest absolute Gasteiger partial charge is 0.334 e. The van der Waals surface area contributed by atoms with Gasteiger partial charge in [-0.3, -0.25) is 10.1 Å². The van der Waals surface area contributed by atoms with Gasteiger partial charge in [0.05, 0.1) is 10.6 Å². The summed E-state index contributed by atoms with van der Waals surface area (Å²) >= 11 is 1.42. The fourth-order valence-corrected chi connectivity index (χ4v) is 3.36. The second-order valence-electron chi connectivity index (χ2n) is 5.96. The molecule has 3 aromatic rings. The van der Waals surface area contributed by atoms with Crippen molar-refractivity contribution in [1.29, 1.82) is 0 Å². The average Bonchev–Trinajstić information content (AvgIpc) is 2.84. The highest BCUT2D eigenvalue weighted by Crippen LogP contribution is 2.34. The summed E-state index contributed by atoms with van der Waals surface area (Å²) in [6.07, 6.45) is 1.29. The number of benzene rings is 1. The molecule has 0 saturated heterocycles. The number of nitrogens with zero attached hydrogens (tertiary/aromatic N) is 4. The fourth-order valence-electron chi connectivity index (χ4n) is 2.55. The molecule has 0 fully saturated rings. The van der Waals surface area contributed by atoms with Gasteiger partial charge in [0, 0.05) is 10.6 Å². The summed E-state index contributed by atoms with van der Waals surface area (Å²) in [6.45, 7) is 7.76. The number of nitrogens with one attached hydrogen (secondary N) is 2. The molecule has 0 spiro atoms. The molecule has 0 atom stereocenters. The van der Waals surface area contributed by atoms with Crippen LogP contribution in [-0.4, -0.2) is 19.9 Å². The van der Waals surface area contributed by atoms with Gasteiger partial charge in [-0.15, -0.1) is 11.3 Å². The van der Waals surface area contributed by atoms with E-state index in [1.54, 1.807) is 0 Å². The first-order chi connectivity index (χ1) is 12.3. The summed E-state index contributed by atoms with van der Waals surface area (Å²) < 4.78 is 0. The van der Waals surface area contributed by atoms with Crippen LogP contribution in [0.5, 0.6) is 0 Å². The highest BCUT2D eigenvalue weighted by Gasteiger charge is 2.24. The van der Waals surface area contributed by atoms with Gasteiger partial charge < -0.3 is 10.6 Å². The lowest BCUT2D eigenvalue weighted by Crippen LogP contribution is -2.05. The van der Waals surface area contributed by atoms with Crippen LogP contribution in [0.4, 0.5) is 28.1 Å². The maximum atomic E-state index is 11.7. The van der Waals surface area contributed by atoms with E-state index in [2.05, 4.69) is 25.6 Å². The summed E-state index contributed by atoms with van der Waals surface area (Å²) in [6, 6.07) is 5.83. The van der Waals surface area contributed by atoms with Crippen LogP contribution >= 0.6 is 11.3 Å². The Kier molecular flexibility index (Phi) is 4.81. The van der Waals surface area contributed by atoms with Gasteiger partial charge in [-0.1, -0.05) is 6.07 Å². The van der Waals surface area contributed by atoms with E-state index in [0.717, 1.165) is 27.4 Å². The van der Waals surface area contributed by atoms with Crippen LogP contribution < -0.4 is 10.6 Å². The van der Waals surface area contributed by atoms with Gasteiger partial charge in [0.15, 0.2) is 5.13 Å². The first-order valence-corrected chi connectivity index (χ1v) is 8.71. The standard InChI is InChI=1S/C17H18N6O2S/c1-9-5-10(2)7-13(6-9)21-15-14(23(24)25)16(19-8-18-15)22-17-20-11(3)12(4)26-17/h5-8H,1-4H3,(H2,18,19,20,21,22). The van der Waals surface area contributed by atoms with Crippen LogP contribution in [0.3, 0.4) is 0 Å². The van der Waals surface area contributed by atoms with Crippen LogP contribution in [0.25, 0.3) is 0 Å². The van der Waals surface area contributed by atoms with Gasteiger partial charge >= 0.3 is 5.69 Å². The zero-order valence-corrected chi connectivity index (χ0v) is 15.6. The van der Waals surface area contributed by atoms with E-state index in [9.17, 15) is 10.1 Å². The summed E-state index contributed by atoms with van der Waals surface area (Å²) in [5.41, 5.74) is 3.49. The predicted octanol–water partition coefficient (Wildman–Crippen LogP) is 4.56. The van der Waals surface area contributed by atoms with Gasteiger partial charge in [0.2, 0.25) is 11.6 Å². The highest BCUT2D eigenvalue weighted by atomic mass is 32.1. The predicted molar refractivity (Wildman–Crippen MR) is 103 cm³/mol. The van der Waals surface area contributed by atoms with Crippen LogP contribution in [0, 0.1) is 37.8 Å². The summed E-state index contributed by atoms with van der Waals surface area (Å²) in [5, 5.41) is 18.2. The van der Waals surface area contributed by atoms with Crippen molar-refractivity contribution in [3.63, 3.8) is 0 Å². The first kappa shape index (κ1) is 17.7. The Hall–Kier alpha value is -3.07. The monoisotopic (exact) mass is 370 g/mol. The second-order valence-corrected chi connectivity index (χ2v) is 7.17. The zero-order valence-electron chi connectivity index (χ0n) is 14.8. The number of anilines is 4. The maximum Gasteiger partial charge on any atom is 0.353 e. The van der Waals surface area contributed by atoms with Gasteiger partial charge in [-0.2, -0.15) is 0 Å². The number of rotatable bonds is 5. The zero-order chi connectivity index (χ0) is 18.8. The average molecular weight is 370 g/mol. The van der Waals surface area contributed by atoms with E-state index in [1.165, 1.54) is 17.7 Å². The number of hydrogen-bond donors (Lipinski definition) is 2. The molecular formula is C17H18N6O2S. The molecule has 2 aromatic heterocycles. The lowest BCUT2D eigenvalue weighted by molar-refractivity contribution is -0.383. The van der Waals surface area contributed by atoms with E-state index in [0.29, 0.717) is 5.13 Å². The number of thiazole rings is 1. The molecule has 0 unspecified atom stereocenters. The maximum absolute atomic E-state index is 11.7. The van der Waals surface area contributed by atoms with Crippen molar-refractivity contribution in [2.75, 3.05) is 10.6 Å². The Balaban J connectivity index is 1.99. The van der Waals surface area contributed by atoms with Crippen molar-refractivity contribution in [3.05, 3.63) is 56.3 Å². The summed E-state index contributed by atoms with van der Waals surface area (Å²) in [4.78, 5) is 24.6. The molecule has 8 nitrogen and oxygen atoms in total. The molecule has 0 amide bonds. The quantitative estimate of drug-likeness (QED) is 0.501. The van der Waals surface area contributed by atoms with Crippen molar-refractivity contribution in [3.8, 4) is 0 Å². The van der Waals surface area contributed by atoms with Crippen molar-refractivity contribution in [1.82, 2.24) is 15.0 Å². The van der Waals surface area contributed by atoms with Crippen molar-refractivity contribution >= 4 is 39.5 Å². The molecule has 134 valence electrons. The van der Waals surface area contributed by atoms with E-state index >= 15 is 0 Å². The minimum atomic E-state index is -0.499. The molecule has 0 aliphatic rings. The molecule has 2 heterocycles. The molecule has 9 heteroatoms. The minimum Gasteiger partial charge on any atom is -0.334 e. The molecule has 0 bridgehead atoms. The number of hydrogen-bond acceptors (Lipinski definition) is 8. The molecular weight excluding hydrogens is 352 g/mol. The third-order valence-electron chi connectivity index (χ3n) is 3.74. The molecule has 1 aromatic carbocycles. The molecule has 2 N–H and O–H groups in total. The molecule has 0 aliphatic heterocycles. The Morgan fingerprint density at radius 2 is 1.62 bits per heavy atom. The molecule has 0 saturated carbocycles. The van der Waals surface area contributed by atoms with Crippen molar-refractivity contribution in [2.24, 2.45) is 0 Å². The number of aryl methyl sites for hydroxylation is 4. The van der Waals surface area contributed by atoms with Crippen LogP contribution in [-0.2, 0) is 0 Å². The van der Waals surface area contributed by atoms with E-state index in [4.69, 9.17) is 0 Å². The highest BCUT2D eigenvalue weighted by molar-refractivity contribution is 7.15. The summed E-state index contributed by atoms with van der Waals surface area (Å²) in [7, 11) is 0. The lowest BCUT2D eigenvalue weighted by atomic mass is 10.1. The molecule has 3 rings (SSSR count). The lowest BCUT2D eigenvalue weighted by Gasteiger charge is -2.10. The van der Waals surface area contributed by atoms with E-state index in [-0.39, 0.29) is 17.3 Å². The van der Waals surface area contributed by atoms with Gasteiger partial charge in [0.25, 0.3) is 0 Å². The third kappa shape index (κ3) is 3.77. The minimum absolute atomic E-state index is 0.102. The SMILES string of the molecule is Cc1cc(C)cc(Nc2ncnc(Nc3nc(C)c(C)s3)c2[N+](=O)[O-])c1. The third-order valence-corrected chi connectivity index (χ3v) is 4.73. The molecule has 0 radical (unpaired) electrons. The second kappa shape index (κ2) is 7.04. The summed E-state index contributed by atoms with van der Waals surface area (Å²) in [5.74, 6) is 0.230. The van der Waals surface area contributed by atoms with Gasteiger partial charge in [-0.25, -0.2) is 15.0 Å². The van der Waals surface area contributed by atoms with Crippen LogP contribution in [0.2, 0.25) is 0 Å². The Morgan fingerprint density at radius 3 is 2.15 bits per heavy atom. The van der Waals surface area contributed by atoms with Gasteiger partial charge in [0.1, 0.15) is 6.33 Å². The van der Waals surface area contributed by atoms with Crippen LogP contribution in [0.1, 0.15) is 21.7 Å². The molecule has 26 heavy (non-hydrogen) atoms. The van der Waals surface area contributed by atoms with Crippen molar-refractivity contribution < 1.29 is 4.92 Å². The van der Waals surface area contributed by atoms with Gasteiger partial charge in [-0.05, 0) is 51.0 Å².